The van der Waals surface area contributed by atoms with E-state index < -0.39 is 11.9 Å². The molecule has 0 bridgehead atoms. The maximum Gasteiger partial charge on any atom is 0.306 e. The van der Waals surface area contributed by atoms with Crippen molar-refractivity contribution in [1.82, 2.24) is 14.3 Å². The first-order valence-corrected chi connectivity index (χ1v) is 11.9. The summed E-state index contributed by atoms with van der Waals surface area (Å²) in [5.74, 6) is -1.58. The smallest absolute Gasteiger partial charge is 0.306 e. The van der Waals surface area contributed by atoms with Crippen LogP contribution in [0.5, 0.6) is 0 Å². The van der Waals surface area contributed by atoms with Gasteiger partial charge in [-0.25, -0.2) is 4.98 Å². The quantitative estimate of drug-likeness (QED) is 0.589. The zero-order valence-corrected chi connectivity index (χ0v) is 18.5. The number of aryl methyl sites for hydroxylation is 1. The number of aromatic nitrogens is 2. The summed E-state index contributed by atoms with van der Waals surface area (Å²) in [5.41, 5.74) is 1.02. The number of likely N-dealkylation sites (tertiary alicyclic amines) is 1. The fourth-order valence-electron chi connectivity index (χ4n) is 4.27. The van der Waals surface area contributed by atoms with Gasteiger partial charge in [-0.05, 0) is 43.8 Å². The SMILES string of the molecule is CSc1nc2sc3c(n2c(=O)c1C(=O)N1CCC(C(=O)O)CC1)CCC(C)(C)C3. The van der Waals surface area contributed by atoms with Gasteiger partial charge >= 0.3 is 5.97 Å². The van der Waals surface area contributed by atoms with Gasteiger partial charge in [-0.3, -0.25) is 18.8 Å². The lowest BCUT2D eigenvalue weighted by atomic mass is 9.79. The van der Waals surface area contributed by atoms with Gasteiger partial charge in [-0.1, -0.05) is 13.8 Å². The van der Waals surface area contributed by atoms with Gasteiger partial charge in [-0.2, -0.15) is 0 Å². The number of carboxylic acid groups (broad SMARTS) is 1. The van der Waals surface area contributed by atoms with E-state index in [1.54, 1.807) is 20.6 Å². The van der Waals surface area contributed by atoms with E-state index in [1.165, 1.54) is 16.6 Å². The highest BCUT2D eigenvalue weighted by molar-refractivity contribution is 7.98. The number of nitrogens with zero attached hydrogens (tertiary/aromatic N) is 3. The van der Waals surface area contributed by atoms with Crippen molar-refractivity contribution in [3.8, 4) is 0 Å². The Bertz CT molecular complexity index is 1050. The third-order valence-electron chi connectivity index (χ3n) is 6.04. The second kappa shape index (κ2) is 7.43. The van der Waals surface area contributed by atoms with Crippen LogP contribution in [0.3, 0.4) is 0 Å². The Labute approximate surface area is 177 Å². The van der Waals surface area contributed by atoms with Crippen LogP contribution in [0.2, 0.25) is 0 Å². The molecule has 0 unspecified atom stereocenters. The molecule has 1 saturated heterocycles. The summed E-state index contributed by atoms with van der Waals surface area (Å²) < 4.78 is 1.65. The summed E-state index contributed by atoms with van der Waals surface area (Å²) in [6.07, 6.45) is 5.36. The van der Waals surface area contributed by atoms with Crippen LogP contribution in [-0.4, -0.2) is 50.6 Å². The van der Waals surface area contributed by atoms with E-state index in [0.29, 0.717) is 35.9 Å². The third kappa shape index (κ3) is 3.59. The number of rotatable bonds is 3. The number of hydrogen-bond donors (Lipinski definition) is 1. The summed E-state index contributed by atoms with van der Waals surface area (Å²) in [6, 6.07) is 0. The van der Waals surface area contributed by atoms with Gasteiger partial charge in [0, 0.05) is 23.7 Å². The van der Waals surface area contributed by atoms with Crippen LogP contribution in [0, 0.1) is 11.3 Å². The van der Waals surface area contributed by atoms with E-state index >= 15 is 0 Å². The molecule has 156 valence electrons. The summed E-state index contributed by atoms with van der Waals surface area (Å²) in [6.45, 7) is 5.17. The van der Waals surface area contributed by atoms with Crippen LogP contribution >= 0.6 is 23.1 Å². The number of aliphatic carboxylic acids is 1. The minimum atomic E-state index is -0.821. The van der Waals surface area contributed by atoms with Crippen LogP contribution in [0.4, 0.5) is 0 Å². The molecule has 1 N–H and O–H groups in total. The molecular weight excluding hydrogens is 410 g/mol. The summed E-state index contributed by atoms with van der Waals surface area (Å²) in [7, 11) is 0. The first-order chi connectivity index (χ1) is 13.7. The number of carbonyl (C=O) groups is 2. The lowest BCUT2D eigenvalue weighted by Crippen LogP contribution is -2.43. The van der Waals surface area contributed by atoms with Gasteiger partial charge in [0.25, 0.3) is 11.5 Å². The second-order valence-corrected chi connectivity index (χ2v) is 10.5. The lowest BCUT2D eigenvalue weighted by Gasteiger charge is -2.30. The molecule has 29 heavy (non-hydrogen) atoms. The molecule has 3 heterocycles. The highest BCUT2D eigenvalue weighted by Crippen LogP contribution is 2.38. The highest BCUT2D eigenvalue weighted by Gasteiger charge is 2.33. The Morgan fingerprint density at radius 2 is 1.97 bits per heavy atom. The standard InChI is InChI=1S/C20H25N3O4S2/c1-20(2)7-4-12-13(10-20)29-19-21-15(28-3)14(17(25)23(12)19)16(24)22-8-5-11(6-9-22)18(26)27/h11H,4-10H2,1-3H3,(H,26,27). The predicted molar refractivity (Wildman–Crippen MR) is 113 cm³/mol. The number of thiazole rings is 1. The number of hydrogen-bond acceptors (Lipinski definition) is 6. The highest BCUT2D eigenvalue weighted by atomic mass is 32.2. The first kappa shape index (κ1) is 20.4. The number of thioether (sulfide) groups is 1. The largest absolute Gasteiger partial charge is 0.481 e. The van der Waals surface area contributed by atoms with Crippen molar-refractivity contribution in [2.45, 2.75) is 51.0 Å². The number of carbonyl (C=O) groups excluding carboxylic acids is 1. The number of fused-ring (bicyclic) bond motifs is 3. The normalized spacial score (nSPS) is 19.3. The minimum Gasteiger partial charge on any atom is -0.481 e. The molecule has 2 aromatic rings. The van der Waals surface area contributed by atoms with Crippen LogP contribution in [0.1, 0.15) is 54.0 Å². The molecule has 1 aliphatic carbocycles. The summed E-state index contributed by atoms with van der Waals surface area (Å²) in [5, 5.41) is 9.64. The van der Waals surface area contributed by atoms with E-state index in [-0.39, 0.29) is 22.4 Å². The van der Waals surface area contributed by atoms with Crippen molar-refractivity contribution in [1.29, 1.82) is 0 Å². The fourth-order valence-corrected chi connectivity index (χ4v) is 6.30. The Kier molecular flexibility index (Phi) is 5.23. The molecule has 0 radical (unpaired) electrons. The molecule has 0 spiro atoms. The monoisotopic (exact) mass is 435 g/mol. The molecule has 1 amide bonds. The molecule has 0 aromatic carbocycles. The predicted octanol–water partition coefficient (Wildman–Crippen LogP) is 2.93. The Morgan fingerprint density at radius 3 is 2.59 bits per heavy atom. The maximum absolute atomic E-state index is 13.4. The van der Waals surface area contributed by atoms with Gasteiger partial charge in [0.05, 0.1) is 5.92 Å². The molecule has 1 fully saturated rings. The third-order valence-corrected chi connectivity index (χ3v) is 7.81. The molecule has 2 aliphatic rings. The van der Waals surface area contributed by atoms with Crippen molar-refractivity contribution in [3.63, 3.8) is 0 Å². The summed E-state index contributed by atoms with van der Waals surface area (Å²) in [4.78, 5) is 46.0. The van der Waals surface area contributed by atoms with E-state index in [4.69, 9.17) is 0 Å². The van der Waals surface area contributed by atoms with Crippen molar-refractivity contribution >= 4 is 39.9 Å². The molecule has 2 aromatic heterocycles. The topological polar surface area (TPSA) is 92.0 Å². The molecule has 7 nitrogen and oxygen atoms in total. The van der Waals surface area contributed by atoms with Crippen LogP contribution < -0.4 is 5.56 Å². The molecule has 1 aliphatic heterocycles. The van der Waals surface area contributed by atoms with Crippen molar-refractivity contribution in [3.05, 3.63) is 26.5 Å². The van der Waals surface area contributed by atoms with Gasteiger partial charge in [0.2, 0.25) is 0 Å². The van der Waals surface area contributed by atoms with Gasteiger partial charge in [0.15, 0.2) is 4.96 Å². The minimum absolute atomic E-state index is 0.120. The Hall–Kier alpha value is -1.87. The molecular formula is C20H25N3O4S2. The van der Waals surface area contributed by atoms with Gasteiger partial charge in [0.1, 0.15) is 10.6 Å². The zero-order chi connectivity index (χ0) is 20.9. The second-order valence-electron chi connectivity index (χ2n) is 8.64. The van der Waals surface area contributed by atoms with Gasteiger partial charge < -0.3 is 10.0 Å². The first-order valence-electron chi connectivity index (χ1n) is 9.85. The van der Waals surface area contributed by atoms with E-state index in [1.807, 2.05) is 6.26 Å². The lowest BCUT2D eigenvalue weighted by molar-refractivity contribution is -0.143. The zero-order valence-electron chi connectivity index (χ0n) is 16.9. The van der Waals surface area contributed by atoms with Crippen molar-refractivity contribution in [2.24, 2.45) is 11.3 Å². The maximum atomic E-state index is 13.4. The van der Waals surface area contributed by atoms with Gasteiger partial charge in [-0.15, -0.1) is 23.1 Å². The number of carboxylic acids is 1. The van der Waals surface area contributed by atoms with Crippen LogP contribution in [0.15, 0.2) is 9.82 Å². The van der Waals surface area contributed by atoms with E-state index in [2.05, 4.69) is 18.8 Å². The van der Waals surface area contributed by atoms with E-state index in [0.717, 1.165) is 25.0 Å². The van der Waals surface area contributed by atoms with Crippen molar-refractivity contribution in [2.75, 3.05) is 19.3 Å². The average molecular weight is 436 g/mol. The molecule has 0 saturated carbocycles. The molecule has 9 heteroatoms. The Balaban J connectivity index is 1.75. The number of amides is 1. The Morgan fingerprint density at radius 1 is 1.28 bits per heavy atom. The molecule has 0 atom stereocenters. The van der Waals surface area contributed by atoms with E-state index in [9.17, 15) is 19.5 Å². The summed E-state index contributed by atoms with van der Waals surface area (Å²) >= 11 is 2.86. The average Bonchev–Trinajstić information content (AvgIpc) is 3.03. The number of piperidine rings is 1. The van der Waals surface area contributed by atoms with Crippen LogP contribution in [-0.2, 0) is 17.6 Å². The molecule has 4 rings (SSSR count). The fraction of sp³-hybridized carbons (Fsp3) is 0.600. The van der Waals surface area contributed by atoms with Crippen molar-refractivity contribution < 1.29 is 14.7 Å². The van der Waals surface area contributed by atoms with Crippen LogP contribution in [0.25, 0.3) is 4.96 Å².